The van der Waals surface area contributed by atoms with E-state index in [0.29, 0.717) is 17.2 Å². The Kier molecular flexibility index (Phi) is 2.46. The number of hydrogen-bond acceptors (Lipinski definition) is 5. The number of nitrogens with zero attached hydrogens (tertiary/aromatic N) is 2. The maximum absolute atomic E-state index is 11.2. The van der Waals surface area contributed by atoms with Crippen molar-refractivity contribution in [2.75, 3.05) is 6.79 Å². The molecule has 0 aliphatic carbocycles. The first-order chi connectivity index (χ1) is 9.19. The summed E-state index contributed by atoms with van der Waals surface area (Å²) in [5.74, 6) is 1.28. The quantitative estimate of drug-likeness (QED) is 0.830. The molecule has 0 saturated carbocycles. The fourth-order valence-corrected chi connectivity index (χ4v) is 1.99. The van der Waals surface area contributed by atoms with E-state index in [9.17, 15) is 4.79 Å². The lowest BCUT2D eigenvalue weighted by atomic mass is 10.0. The first kappa shape index (κ1) is 11.3. The van der Waals surface area contributed by atoms with Crippen LogP contribution in [-0.2, 0) is 0 Å². The highest BCUT2D eigenvalue weighted by Crippen LogP contribution is 2.38. The molecule has 0 fully saturated rings. The van der Waals surface area contributed by atoms with Crippen molar-refractivity contribution in [1.82, 2.24) is 10.2 Å². The molecule has 0 radical (unpaired) electrons. The summed E-state index contributed by atoms with van der Waals surface area (Å²) in [6.07, 6.45) is 0. The number of nitriles is 1. The molecule has 1 aromatic heterocycles. The Morgan fingerprint density at radius 1 is 1.32 bits per heavy atom. The molecule has 0 bridgehead atoms. The van der Waals surface area contributed by atoms with Crippen LogP contribution in [0, 0.1) is 18.3 Å². The first-order valence-corrected chi connectivity index (χ1v) is 5.59. The van der Waals surface area contributed by atoms with Crippen LogP contribution >= 0.6 is 0 Å². The highest BCUT2D eigenvalue weighted by Gasteiger charge is 2.18. The molecule has 94 valence electrons. The second-order valence-corrected chi connectivity index (χ2v) is 4.13. The lowest BCUT2D eigenvalue weighted by molar-refractivity contribution is 0.174. The van der Waals surface area contributed by atoms with E-state index in [0.717, 1.165) is 11.1 Å². The van der Waals surface area contributed by atoms with Gasteiger partial charge < -0.3 is 9.47 Å². The number of nitrogens with one attached hydrogen (secondary N) is 1. The van der Waals surface area contributed by atoms with E-state index in [1.807, 2.05) is 19.1 Å². The number of fused-ring (bicyclic) bond motifs is 1. The molecule has 1 aromatic carbocycles. The summed E-state index contributed by atoms with van der Waals surface area (Å²) in [5, 5.41) is 15.4. The van der Waals surface area contributed by atoms with Crippen molar-refractivity contribution >= 4 is 0 Å². The SMILES string of the molecule is Cc1cc2c(cc1-c1n[nH]c(=O)cc1C#N)OCO2. The molecule has 2 aromatic rings. The Morgan fingerprint density at radius 3 is 2.79 bits per heavy atom. The smallest absolute Gasteiger partial charge is 0.265 e. The van der Waals surface area contributed by atoms with Gasteiger partial charge in [-0.1, -0.05) is 0 Å². The molecule has 1 aliphatic rings. The van der Waals surface area contributed by atoms with Gasteiger partial charge in [0.2, 0.25) is 6.79 Å². The van der Waals surface area contributed by atoms with E-state index >= 15 is 0 Å². The van der Waals surface area contributed by atoms with Crippen LogP contribution in [0.25, 0.3) is 11.3 Å². The van der Waals surface area contributed by atoms with Gasteiger partial charge in [0.15, 0.2) is 11.5 Å². The van der Waals surface area contributed by atoms with Crippen LogP contribution < -0.4 is 15.0 Å². The van der Waals surface area contributed by atoms with Gasteiger partial charge in [-0.05, 0) is 24.6 Å². The predicted molar refractivity (Wildman–Crippen MR) is 65.9 cm³/mol. The van der Waals surface area contributed by atoms with E-state index in [2.05, 4.69) is 10.2 Å². The molecular weight excluding hydrogens is 246 g/mol. The summed E-state index contributed by atoms with van der Waals surface area (Å²) < 4.78 is 10.6. The third kappa shape index (κ3) is 1.81. The summed E-state index contributed by atoms with van der Waals surface area (Å²) in [6, 6.07) is 6.79. The van der Waals surface area contributed by atoms with Crippen LogP contribution in [0.3, 0.4) is 0 Å². The Bertz CT molecular complexity index is 759. The highest BCUT2D eigenvalue weighted by atomic mass is 16.7. The van der Waals surface area contributed by atoms with Gasteiger partial charge in [0, 0.05) is 11.6 Å². The topological polar surface area (TPSA) is 88.0 Å². The minimum atomic E-state index is -0.404. The lowest BCUT2D eigenvalue weighted by Gasteiger charge is -2.07. The normalized spacial score (nSPS) is 12.2. The van der Waals surface area contributed by atoms with Crippen LogP contribution in [-0.4, -0.2) is 17.0 Å². The molecular formula is C13H9N3O3. The average molecular weight is 255 g/mol. The van der Waals surface area contributed by atoms with Gasteiger partial charge >= 0.3 is 0 Å². The lowest BCUT2D eigenvalue weighted by Crippen LogP contribution is -2.09. The van der Waals surface area contributed by atoms with E-state index in [1.165, 1.54) is 6.07 Å². The van der Waals surface area contributed by atoms with E-state index < -0.39 is 5.56 Å². The Labute approximate surface area is 108 Å². The summed E-state index contributed by atoms with van der Waals surface area (Å²) in [4.78, 5) is 11.2. The molecule has 6 nitrogen and oxygen atoms in total. The van der Waals surface area contributed by atoms with Gasteiger partial charge in [0.05, 0.1) is 5.56 Å². The minimum absolute atomic E-state index is 0.183. The van der Waals surface area contributed by atoms with Crippen LogP contribution in [0.1, 0.15) is 11.1 Å². The van der Waals surface area contributed by atoms with Crippen LogP contribution in [0.2, 0.25) is 0 Å². The van der Waals surface area contributed by atoms with Crippen molar-refractivity contribution in [1.29, 1.82) is 5.26 Å². The third-order valence-corrected chi connectivity index (χ3v) is 2.90. The first-order valence-electron chi connectivity index (χ1n) is 5.59. The third-order valence-electron chi connectivity index (χ3n) is 2.90. The molecule has 3 rings (SSSR count). The standard InChI is InChI=1S/C13H9N3O3/c1-7-2-10-11(19-6-18-10)4-9(7)13-8(5-14)3-12(17)15-16-13/h2-4H,6H2,1H3,(H,15,17). The van der Waals surface area contributed by atoms with Crippen molar-refractivity contribution in [3.05, 3.63) is 39.7 Å². The molecule has 6 heteroatoms. The van der Waals surface area contributed by atoms with Gasteiger partial charge in [-0.2, -0.15) is 10.4 Å². The van der Waals surface area contributed by atoms with Crippen molar-refractivity contribution in [2.45, 2.75) is 6.92 Å². The second kappa shape index (κ2) is 4.14. The number of H-pyrrole nitrogens is 1. The van der Waals surface area contributed by atoms with Gasteiger partial charge in [0.1, 0.15) is 11.8 Å². The molecule has 0 amide bonds. The van der Waals surface area contributed by atoms with E-state index in [4.69, 9.17) is 14.7 Å². The van der Waals surface area contributed by atoms with Crippen LogP contribution in [0.5, 0.6) is 11.5 Å². The zero-order chi connectivity index (χ0) is 13.4. The number of aromatic amines is 1. The maximum atomic E-state index is 11.2. The zero-order valence-electron chi connectivity index (χ0n) is 10.1. The molecule has 0 unspecified atom stereocenters. The number of aryl methyl sites for hydroxylation is 1. The molecule has 1 aliphatic heterocycles. The van der Waals surface area contributed by atoms with Gasteiger partial charge in [0.25, 0.3) is 5.56 Å². The van der Waals surface area contributed by atoms with Gasteiger partial charge in [-0.15, -0.1) is 0 Å². The predicted octanol–water partition coefficient (Wildman–Crippen LogP) is 1.35. The number of hydrogen-bond donors (Lipinski definition) is 1. The minimum Gasteiger partial charge on any atom is -0.454 e. The average Bonchev–Trinajstić information content (AvgIpc) is 2.85. The maximum Gasteiger partial charge on any atom is 0.265 e. The number of benzene rings is 1. The van der Waals surface area contributed by atoms with Crippen molar-refractivity contribution < 1.29 is 9.47 Å². The van der Waals surface area contributed by atoms with Crippen molar-refractivity contribution in [2.24, 2.45) is 0 Å². The summed E-state index contributed by atoms with van der Waals surface area (Å²) in [6.45, 7) is 2.06. The number of aromatic nitrogens is 2. The van der Waals surface area contributed by atoms with Crippen LogP contribution in [0.4, 0.5) is 0 Å². The molecule has 0 atom stereocenters. The fourth-order valence-electron chi connectivity index (χ4n) is 1.99. The van der Waals surface area contributed by atoms with Crippen molar-refractivity contribution in [3.8, 4) is 28.8 Å². The van der Waals surface area contributed by atoms with Crippen molar-refractivity contribution in [3.63, 3.8) is 0 Å². The molecule has 1 N–H and O–H groups in total. The van der Waals surface area contributed by atoms with Gasteiger partial charge in [-0.25, -0.2) is 5.10 Å². The van der Waals surface area contributed by atoms with E-state index in [-0.39, 0.29) is 12.4 Å². The largest absolute Gasteiger partial charge is 0.454 e. The Balaban J connectivity index is 2.23. The molecule has 2 heterocycles. The molecule has 19 heavy (non-hydrogen) atoms. The summed E-state index contributed by atoms with van der Waals surface area (Å²) >= 11 is 0. The molecule has 0 spiro atoms. The number of ether oxygens (including phenoxy) is 2. The van der Waals surface area contributed by atoms with E-state index in [1.54, 1.807) is 6.07 Å². The monoisotopic (exact) mass is 255 g/mol. The van der Waals surface area contributed by atoms with Crippen LogP contribution in [0.15, 0.2) is 23.0 Å². The second-order valence-electron chi connectivity index (χ2n) is 4.13. The van der Waals surface area contributed by atoms with Gasteiger partial charge in [-0.3, -0.25) is 4.79 Å². The molecule has 0 saturated heterocycles. The summed E-state index contributed by atoms with van der Waals surface area (Å²) in [7, 11) is 0. The fraction of sp³-hybridized carbons (Fsp3) is 0.154. The number of rotatable bonds is 1. The Hall–Kier alpha value is -2.81. The summed E-state index contributed by atoms with van der Waals surface area (Å²) in [5.41, 5.74) is 1.87. The Morgan fingerprint density at radius 2 is 2.05 bits per heavy atom. The highest BCUT2D eigenvalue weighted by molar-refractivity contribution is 5.72. The zero-order valence-corrected chi connectivity index (χ0v) is 10.1.